The monoisotopic (exact) mass is 168 g/mol. The van der Waals surface area contributed by atoms with Crippen molar-refractivity contribution in [3.8, 4) is 11.8 Å². The molecule has 0 fully saturated rings. The summed E-state index contributed by atoms with van der Waals surface area (Å²) in [6, 6.07) is 0.272. The third-order valence-corrected chi connectivity index (χ3v) is 1.11. The first-order chi connectivity index (χ1) is 5.86. The van der Waals surface area contributed by atoms with Crippen molar-refractivity contribution in [1.29, 1.82) is 0 Å². The predicted octanol–water partition coefficient (Wildman–Crippen LogP) is 0.0629. The summed E-state index contributed by atoms with van der Waals surface area (Å²) in [6.07, 6.45) is 3.54. The molecule has 0 aromatic carbocycles. The van der Waals surface area contributed by atoms with Crippen LogP contribution in [0, 0.1) is 0 Å². The van der Waals surface area contributed by atoms with Crippen molar-refractivity contribution in [3.05, 3.63) is 12.4 Å². The van der Waals surface area contributed by atoms with Crippen molar-refractivity contribution in [2.24, 2.45) is 0 Å². The largest absolute Gasteiger partial charge is 0.483 e. The molecule has 1 aromatic heterocycles. The third-order valence-electron chi connectivity index (χ3n) is 1.11. The Morgan fingerprint density at radius 3 is 2.67 bits per heavy atom. The lowest BCUT2D eigenvalue weighted by molar-refractivity contribution is -0.109. The zero-order chi connectivity index (χ0) is 8.81. The summed E-state index contributed by atoms with van der Waals surface area (Å²) in [7, 11) is 1.47. The molecule has 0 unspecified atom stereocenters. The fourth-order valence-corrected chi connectivity index (χ4v) is 0.615. The van der Waals surface area contributed by atoms with Crippen LogP contribution in [0.15, 0.2) is 12.4 Å². The highest BCUT2D eigenvalue weighted by Gasteiger charge is 1.95. The number of carbonyl (C=O) groups is 1. The number of rotatable bonds is 4. The lowest BCUT2D eigenvalue weighted by atomic mass is 10.6. The zero-order valence-electron chi connectivity index (χ0n) is 6.56. The SMILES string of the molecule is COc1ncc(OCC=O)cn1. The van der Waals surface area contributed by atoms with Crippen LogP contribution in [-0.2, 0) is 4.79 Å². The maximum atomic E-state index is 9.91. The number of hydrogen-bond acceptors (Lipinski definition) is 5. The number of aromatic nitrogens is 2. The fourth-order valence-electron chi connectivity index (χ4n) is 0.615. The molecular weight excluding hydrogens is 160 g/mol. The molecule has 0 saturated heterocycles. The number of methoxy groups -OCH3 is 1. The summed E-state index contributed by atoms with van der Waals surface area (Å²) < 4.78 is 9.63. The van der Waals surface area contributed by atoms with Crippen LogP contribution in [0.4, 0.5) is 0 Å². The van der Waals surface area contributed by atoms with E-state index in [4.69, 9.17) is 9.47 Å². The molecule has 0 radical (unpaired) electrons. The van der Waals surface area contributed by atoms with Crippen molar-refractivity contribution in [1.82, 2.24) is 9.97 Å². The Bertz CT molecular complexity index is 247. The van der Waals surface area contributed by atoms with E-state index in [2.05, 4.69) is 9.97 Å². The molecule has 1 rings (SSSR count). The summed E-state index contributed by atoms with van der Waals surface area (Å²) in [4.78, 5) is 17.5. The third kappa shape index (κ3) is 2.19. The molecule has 1 aromatic rings. The Kier molecular flexibility index (Phi) is 3.01. The maximum absolute atomic E-state index is 9.91. The smallest absolute Gasteiger partial charge is 0.316 e. The van der Waals surface area contributed by atoms with E-state index in [1.165, 1.54) is 19.5 Å². The van der Waals surface area contributed by atoms with Gasteiger partial charge in [-0.25, -0.2) is 0 Å². The Morgan fingerprint density at radius 1 is 1.50 bits per heavy atom. The molecule has 0 aliphatic rings. The molecule has 0 atom stereocenters. The van der Waals surface area contributed by atoms with Crippen molar-refractivity contribution in [2.75, 3.05) is 13.7 Å². The summed E-state index contributed by atoms with van der Waals surface area (Å²) in [5.41, 5.74) is 0. The Hall–Kier alpha value is -1.65. The van der Waals surface area contributed by atoms with Gasteiger partial charge in [-0.05, 0) is 0 Å². The van der Waals surface area contributed by atoms with E-state index in [1.807, 2.05) is 0 Å². The molecule has 1 heterocycles. The fraction of sp³-hybridized carbons (Fsp3) is 0.286. The molecule has 5 heteroatoms. The van der Waals surface area contributed by atoms with Crippen molar-refractivity contribution in [2.45, 2.75) is 0 Å². The molecule has 64 valence electrons. The predicted molar refractivity (Wildman–Crippen MR) is 40.1 cm³/mol. The Balaban J connectivity index is 2.58. The topological polar surface area (TPSA) is 61.3 Å². The van der Waals surface area contributed by atoms with Crippen LogP contribution in [0.3, 0.4) is 0 Å². The summed E-state index contributed by atoms with van der Waals surface area (Å²) in [6.45, 7) is 0.00961. The van der Waals surface area contributed by atoms with Gasteiger partial charge < -0.3 is 9.47 Å². The van der Waals surface area contributed by atoms with Gasteiger partial charge in [-0.3, -0.25) is 4.79 Å². The average Bonchev–Trinajstić information content (AvgIpc) is 2.15. The Labute approximate surface area is 69.4 Å². The van der Waals surface area contributed by atoms with E-state index in [0.717, 1.165) is 0 Å². The van der Waals surface area contributed by atoms with Gasteiger partial charge in [0.1, 0.15) is 6.61 Å². The van der Waals surface area contributed by atoms with Crippen molar-refractivity contribution < 1.29 is 14.3 Å². The van der Waals surface area contributed by atoms with Crippen LogP contribution >= 0.6 is 0 Å². The van der Waals surface area contributed by atoms with Gasteiger partial charge in [0, 0.05) is 0 Å². The molecular formula is C7H8N2O3. The van der Waals surface area contributed by atoms with Crippen LogP contribution < -0.4 is 9.47 Å². The van der Waals surface area contributed by atoms with Crippen LogP contribution in [0.25, 0.3) is 0 Å². The van der Waals surface area contributed by atoms with E-state index in [0.29, 0.717) is 12.0 Å². The van der Waals surface area contributed by atoms with Crippen molar-refractivity contribution in [3.63, 3.8) is 0 Å². The van der Waals surface area contributed by atoms with Gasteiger partial charge in [0.2, 0.25) is 0 Å². The lowest BCUT2D eigenvalue weighted by Crippen LogP contribution is -1.99. The van der Waals surface area contributed by atoms with Gasteiger partial charge in [0.25, 0.3) is 0 Å². The van der Waals surface area contributed by atoms with Gasteiger partial charge in [0.15, 0.2) is 12.0 Å². The molecule has 0 aliphatic heterocycles. The molecule has 0 amide bonds. The molecule has 0 spiro atoms. The second kappa shape index (κ2) is 4.27. The van der Waals surface area contributed by atoms with Crippen LogP contribution in [0.5, 0.6) is 11.8 Å². The second-order valence-corrected chi connectivity index (χ2v) is 1.88. The molecule has 5 nitrogen and oxygen atoms in total. The highest BCUT2D eigenvalue weighted by atomic mass is 16.5. The summed E-state index contributed by atoms with van der Waals surface area (Å²) >= 11 is 0. The molecule has 0 saturated carbocycles. The molecule has 0 aliphatic carbocycles. The van der Waals surface area contributed by atoms with E-state index < -0.39 is 0 Å². The van der Waals surface area contributed by atoms with Gasteiger partial charge in [-0.2, -0.15) is 9.97 Å². The number of ether oxygens (including phenoxy) is 2. The highest BCUT2D eigenvalue weighted by molar-refractivity contribution is 5.51. The zero-order valence-corrected chi connectivity index (χ0v) is 6.56. The van der Waals surface area contributed by atoms with Crippen molar-refractivity contribution >= 4 is 6.29 Å². The van der Waals surface area contributed by atoms with E-state index in [9.17, 15) is 4.79 Å². The molecule has 12 heavy (non-hydrogen) atoms. The molecule has 0 N–H and O–H groups in total. The van der Waals surface area contributed by atoms with Gasteiger partial charge in [-0.15, -0.1) is 0 Å². The number of carbonyl (C=O) groups excluding carboxylic acids is 1. The minimum absolute atomic E-state index is 0.00961. The number of aldehydes is 1. The number of nitrogens with zero attached hydrogens (tertiary/aromatic N) is 2. The average molecular weight is 168 g/mol. The van der Waals surface area contributed by atoms with E-state index in [-0.39, 0.29) is 12.6 Å². The highest BCUT2D eigenvalue weighted by Crippen LogP contribution is 2.08. The number of hydrogen-bond donors (Lipinski definition) is 0. The normalized spacial score (nSPS) is 9.08. The Morgan fingerprint density at radius 2 is 2.17 bits per heavy atom. The minimum Gasteiger partial charge on any atom is -0.483 e. The van der Waals surface area contributed by atoms with E-state index in [1.54, 1.807) is 0 Å². The summed E-state index contributed by atoms with van der Waals surface area (Å²) in [5.74, 6) is 0.447. The van der Waals surface area contributed by atoms with Crippen LogP contribution in [0.2, 0.25) is 0 Å². The summed E-state index contributed by atoms with van der Waals surface area (Å²) in [5, 5.41) is 0. The second-order valence-electron chi connectivity index (χ2n) is 1.88. The standard InChI is InChI=1S/C7H8N2O3/c1-11-7-8-4-6(5-9-7)12-3-2-10/h2,4-5H,3H2,1H3. The van der Waals surface area contributed by atoms with Gasteiger partial charge in [-0.1, -0.05) is 0 Å². The first kappa shape index (κ1) is 8.45. The quantitative estimate of drug-likeness (QED) is 0.595. The maximum Gasteiger partial charge on any atom is 0.316 e. The minimum atomic E-state index is 0.00961. The molecule has 0 bridgehead atoms. The van der Waals surface area contributed by atoms with E-state index >= 15 is 0 Å². The van der Waals surface area contributed by atoms with Gasteiger partial charge >= 0.3 is 6.01 Å². The first-order valence-electron chi connectivity index (χ1n) is 3.29. The van der Waals surface area contributed by atoms with Gasteiger partial charge in [0.05, 0.1) is 19.5 Å². The van der Waals surface area contributed by atoms with Crippen LogP contribution in [-0.4, -0.2) is 30.0 Å². The first-order valence-corrected chi connectivity index (χ1v) is 3.29. The van der Waals surface area contributed by atoms with Crippen LogP contribution in [0.1, 0.15) is 0 Å². The lowest BCUT2D eigenvalue weighted by Gasteiger charge is -2.00.